The van der Waals surface area contributed by atoms with Crippen LogP contribution in [0.2, 0.25) is 0 Å². The summed E-state index contributed by atoms with van der Waals surface area (Å²) in [7, 11) is 1.62. The highest BCUT2D eigenvalue weighted by Crippen LogP contribution is 2.26. The van der Waals surface area contributed by atoms with Gasteiger partial charge in [0.15, 0.2) is 0 Å². The Labute approximate surface area is 179 Å². The molecule has 1 saturated heterocycles. The van der Waals surface area contributed by atoms with E-state index in [0.29, 0.717) is 19.8 Å². The first-order valence-electron chi connectivity index (χ1n) is 9.60. The minimum atomic E-state index is -0.526. The molecule has 2 aromatic carbocycles. The molecule has 0 spiro atoms. The van der Waals surface area contributed by atoms with Crippen LogP contribution in [0.1, 0.15) is 22.0 Å². The van der Waals surface area contributed by atoms with Crippen molar-refractivity contribution in [2.24, 2.45) is 0 Å². The van der Waals surface area contributed by atoms with E-state index >= 15 is 0 Å². The molecule has 1 fully saturated rings. The zero-order chi connectivity index (χ0) is 21.5. The number of thioether (sulfide) groups is 1. The number of methoxy groups -OCH3 is 1. The molecule has 0 aromatic heterocycles. The van der Waals surface area contributed by atoms with Gasteiger partial charge in [0, 0.05) is 30.6 Å². The van der Waals surface area contributed by atoms with E-state index in [4.69, 9.17) is 9.47 Å². The monoisotopic (exact) mass is 431 g/mol. The third-order valence-electron chi connectivity index (χ3n) is 5.09. The number of hydrogen-bond donors (Lipinski definition) is 1. The van der Waals surface area contributed by atoms with Gasteiger partial charge in [-0.15, -0.1) is 11.8 Å². The van der Waals surface area contributed by atoms with Crippen molar-refractivity contribution in [2.45, 2.75) is 10.9 Å². The lowest BCUT2D eigenvalue weighted by Crippen LogP contribution is -2.43. The van der Waals surface area contributed by atoms with E-state index in [0.717, 1.165) is 29.3 Å². The Morgan fingerprint density at radius 2 is 1.97 bits per heavy atom. The molecule has 30 heavy (non-hydrogen) atoms. The summed E-state index contributed by atoms with van der Waals surface area (Å²) in [4.78, 5) is 26.8. The summed E-state index contributed by atoms with van der Waals surface area (Å²) in [5.41, 5.74) is 0.908. The van der Waals surface area contributed by atoms with Crippen molar-refractivity contribution in [3.05, 3.63) is 63.7 Å². The third kappa shape index (κ3) is 5.29. The number of rotatable bonds is 8. The Morgan fingerprint density at radius 1 is 1.27 bits per heavy atom. The molecule has 160 valence electrons. The van der Waals surface area contributed by atoms with E-state index < -0.39 is 10.8 Å². The Hall–Kier alpha value is -2.62. The zero-order valence-electron chi connectivity index (χ0n) is 17.0. The SMILES string of the molecule is COc1ccc([C@H](CNC(=O)c2cc(SC)ccc2[N+](=O)[O-])N2CCOCC2)cc1. The van der Waals surface area contributed by atoms with E-state index in [1.807, 2.05) is 30.5 Å². The van der Waals surface area contributed by atoms with Gasteiger partial charge in [-0.1, -0.05) is 12.1 Å². The fraction of sp³-hybridized carbons (Fsp3) is 0.381. The topological polar surface area (TPSA) is 93.9 Å². The van der Waals surface area contributed by atoms with Gasteiger partial charge in [0.1, 0.15) is 11.3 Å². The van der Waals surface area contributed by atoms with Crippen molar-refractivity contribution in [3.63, 3.8) is 0 Å². The van der Waals surface area contributed by atoms with Crippen molar-refractivity contribution < 1.29 is 19.2 Å². The molecule has 1 N–H and O–H groups in total. The van der Waals surface area contributed by atoms with Crippen LogP contribution in [0.3, 0.4) is 0 Å². The van der Waals surface area contributed by atoms with Crippen LogP contribution in [-0.2, 0) is 4.74 Å². The van der Waals surface area contributed by atoms with Crippen molar-refractivity contribution >= 4 is 23.4 Å². The van der Waals surface area contributed by atoms with E-state index in [-0.39, 0.29) is 17.3 Å². The zero-order valence-corrected chi connectivity index (χ0v) is 17.8. The van der Waals surface area contributed by atoms with Gasteiger partial charge >= 0.3 is 0 Å². The third-order valence-corrected chi connectivity index (χ3v) is 5.81. The van der Waals surface area contributed by atoms with Crippen LogP contribution in [0.4, 0.5) is 5.69 Å². The molecule has 1 atom stereocenters. The molecule has 8 nitrogen and oxygen atoms in total. The second kappa shape index (κ2) is 10.4. The van der Waals surface area contributed by atoms with Gasteiger partial charge in [0.2, 0.25) is 0 Å². The summed E-state index contributed by atoms with van der Waals surface area (Å²) in [6, 6.07) is 12.2. The standard InChI is InChI=1S/C21H25N3O5S/c1-28-16-5-3-15(4-6-16)20(23-9-11-29-12-10-23)14-22-21(25)18-13-17(30-2)7-8-19(18)24(26)27/h3-8,13,20H,9-12,14H2,1-2H3,(H,22,25)/t20-/m0/s1. The van der Waals surface area contributed by atoms with Gasteiger partial charge in [-0.25, -0.2) is 0 Å². The van der Waals surface area contributed by atoms with Crippen molar-refractivity contribution in [2.75, 3.05) is 46.2 Å². The van der Waals surface area contributed by atoms with Gasteiger partial charge in [-0.2, -0.15) is 0 Å². The molecular weight excluding hydrogens is 406 g/mol. The molecule has 9 heteroatoms. The second-order valence-corrected chi connectivity index (χ2v) is 7.67. The second-order valence-electron chi connectivity index (χ2n) is 6.79. The molecule has 1 heterocycles. The Kier molecular flexibility index (Phi) is 7.67. The van der Waals surface area contributed by atoms with Crippen LogP contribution in [0, 0.1) is 10.1 Å². The van der Waals surface area contributed by atoms with E-state index in [9.17, 15) is 14.9 Å². The number of amides is 1. The predicted octanol–water partition coefficient (Wildman–Crippen LogP) is 3.13. The van der Waals surface area contributed by atoms with Gasteiger partial charge in [-0.05, 0) is 36.1 Å². The van der Waals surface area contributed by atoms with Gasteiger partial charge < -0.3 is 14.8 Å². The number of nitro groups is 1. The van der Waals surface area contributed by atoms with Gasteiger partial charge in [-0.3, -0.25) is 19.8 Å². The fourth-order valence-corrected chi connectivity index (χ4v) is 3.88. The average molecular weight is 432 g/mol. The molecular formula is C21H25N3O5S. The number of nitrogens with one attached hydrogen (secondary N) is 1. The van der Waals surface area contributed by atoms with Crippen molar-refractivity contribution in [1.29, 1.82) is 0 Å². The summed E-state index contributed by atoms with van der Waals surface area (Å²) in [6.45, 7) is 3.07. The van der Waals surface area contributed by atoms with Crippen molar-refractivity contribution in [3.8, 4) is 5.75 Å². The minimum Gasteiger partial charge on any atom is -0.497 e. The van der Waals surface area contributed by atoms with Crippen molar-refractivity contribution in [1.82, 2.24) is 10.2 Å². The normalized spacial score (nSPS) is 15.4. The smallest absolute Gasteiger partial charge is 0.282 e. The quantitative estimate of drug-likeness (QED) is 0.390. The van der Waals surface area contributed by atoms with Crippen LogP contribution in [0.5, 0.6) is 5.75 Å². The van der Waals surface area contributed by atoms with Crippen LogP contribution in [-0.4, -0.2) is 61.9 Å². The van der Waals surface area contributed by atoms with E-state index in [1.54, 1.807) is 19.2 Å². The summed E-state index contributed by atoms with van der Waals surface area (Å²) >= 11 is 1.43. The maximum absolute atomic E-state index is 12.9. The summed E-state index contributed by atoms with van der Waals surface area (Å²) < 4.78 is 10.7. The average Bonchev–Trinajstić information content (AvgIpc) is 2.79. The lowest BCUT2D eigenvalue weighted by atomic mass is 10.0. The lowest BCUT2D eigenvalue weighted by Gasteiger charge is -2.35. The maximum Gasteiger partial charge on any atom is 0.282 e. The molecule has 0 bridgehead atoms. The number of benzene rings is 2. The highest BCUT2D eigenvalue weighted by Gasteiger charge is 2.26. The Morgan fingerprint density at radius 3 is 2.57 bits per heavy atom. The highest BCUT2D eigenvalue weighted by atomic mass is 32.2. The van der Waals surface area contributed by atoms with Gasteiger partial charge in [0.05, 0.1) is 31.3 Å². The lowest BCUT2D eigenvalue weighted by molar-refractivity contribution is -0.385. The number of nitrogens with zero attached hydrogens (tertiary/aromatic N) is 2. The number of ether oxygens (including phenoxy) is 2. The molecule has 2 aromatic rings. The van der Waals surface area contributed by atoms with Crippen LogP contribution in [0.15, 0.2) is 47.4 Å². The first-order chi connectivity index (χ1) is 14.5. The summed E-state index contributed by atoms with van der Waals surface area (Å²) in [6.07, 6.45) is 1.86. The Balaban J connectivity index is 1.81. The molecule has 0 aliphatic carbocycles. The number of hydrogen-bond acceptors (Lipinski definition) is 7. The molecule has 0 radical (unpaired) electrons. The van der Waals surface area contributed by atoms with E-state index in [2.05, 4.69) is 10.2 Å². The molecule has 1 amide bonds. The van der Waals surface area contributed by atoms with Crippen LogP contribution in [0.25, 0.3) is 0 Å². The molecule has 3 rings (SSSR count). The largest absolute Gasteiger partial charge is 0.497 e. The van der Waals surface area contributed by atoms with Gasteiger partial charge in [0.25, 0.3) is 11.6 Å². The van der Waals surface area contributed by atoms with E-state index in [1.165, 1.54) is 17.8 Å². The van der Waals surface area contributed by atoms with Crippen LogP contribution < -0.4 is 10.1 Å². The summed E-state index contributed by atoms with van der Waals surface area (Å²) in [5.74, 6) is 0.303. The number of carbonyl (C=O) groups is 1. The predicted molar refractivity (Wildman–Crippen MR) is 115 cm³/mol. The molecule has 1 aliphatic heterocycles. The summed E-state index contributed by atoms with van der Waals surface area (Å²) in [5, 5.41) is 14.3. The number of nitro benzene ring substituents is 1. The molecule has 0 saturated carbocycles. The van der Waals surface area contributed by atoms with Crippen LogP contribution >= 0.6 is 11.8 Å². The molecule has 1 aliphatic rings. The first-order valence-corrected chi connectivity index (χ1v) is 10.8. The Bertz CT molecular complexity index is 885. The number of carbonyl (C=O) groups excluding carboxylic acids is 1. The number of morpholine rings is 1. The minimum absolute atomic E-state index is 0.0716. The fourth-order valence-electron chi connectivity index (χ4n) is 3.44. The molecule has 0 unspecified atom stereocenters. The highest BCUT2D eigenvalue weighted by molar-refractivity contribution is 7.98. The first kappa shape index (κ1) is 22.1. The maximum atomic E-state index is 12.9.